The Labute approximate surface area is 109 Å². The molecule has 92 valence electrons. The van der Waals surface area contributed by atoms with Crippen molar-refractivity contribution in [1.29, 1.82) is 0 Å². The van der Waals surface area contributed by atoms with E-state index in [1.807, 2.05) is 13.0 Å². The van der Waals surface area contributed by atoms with Gasteiger partial charge in [0.05, 0.1) is 0 Å². The first kappa shape index (κ1) is 12.4. The summed E-state index contributed by atoms with van der Waals surface area (Å²) in [5, 5.41) is 0. The van der Waals surface area contributed by atoms with Gasteiger partial charge in [-0.3, -0.25) is 0 Å². The van der Waals surface area contributed by atoms with E-state index >= 15 is 0 Å². The van der Waals surface area contributed by atoms with Gasteiger partial charge in [0.15, 0.2) is 0 Å². The van der Waals surface area contributed by atoms with Crippen LogP contribution in [0.15, 0.2) is 55.3 Å². The summed E-state index contributed by atoms with van der Waals surface area (Å²) < 4.78 is 2.16. The van der Waals surface area contributed by atoms with Gasteiger partial charge in [0.25, 0.3) is 0 Å². The molecule has 0 N–H and O–H groups in total. The zero-order valence-corrected chi connectivity index (χ0v) is 11.3. The van der Waals surface area contributed by atoms with Gasteiger partial charge in [0.1, 0.15) is 0 Å². The van der Waals surface area contributed by atoms with Crippen molar-refractivity contribution in [3.05, 3.63) is 66.4 Å². The summed E-state index contributed by atoms with van der Waals surface area (Å²) in [6.07, 6.45) is 6.13. The van der Waals surface area contributed by atoms with Crippen LogP contribution in [0.25, 0.3) is 16.8 Å². The highest BCUT2D eigenvalue weighted by Crippen LogP contribution is 2.25. The average molecular weight is 237 g/mol. The first-order valence-corrected chi connectivity index (χ1v) is 6.18. The molecule has 1 aromatic heterocycles. The summed E-state index contributed by atoms with van der Waals surface area (Å²) in [5.74, 6) is 0. The Kier molecular flexibility index (Phi) is 3.52. The Balaban J connectivity index is 2.51. The number of rotatable bonds is 3. The lowest BCUT2D eigenvalue weighted by Crippen LogP contribution is -1.90. The summed E-state index contributed by atoms with van der Waals surface area (Å²) in [5.41, 5.74) is 6.15. The van der Waals surface area contributed by atoms with Gasteiger partial charge < -0.3 is 4.57 Å². The van der Waals surface area contributed by atoms with E-state index < -0.39 is 0 Å². The summed E-state index contributed by atoms with van der Waals surface area (Å²) in [7, 11) is 2.08. The smallest absolute Gasteiger partial charge is 0.0480 e. The van der Waals surface area contributed by atoms with Gasteiger partial charge in [0.2, 0.25) is 0 Å². The van der Waals surface area contributed by atoms with Crippen LogP contribution in [0, 0.1) is 6.92 Å². The van der Waals surface area contributed by atoms with Crippen molar-refractivity contribution in [3.63, 3.8) is 0 Å². The van der Waals surface area contributed by atoms with Gasteiger partial charge in [-0.15, -0.1) is 0 Å². The van der Waals surface area contributed by atoms with E-state index in [9.17, 15) is 0 Å². The lowest BCUT2D eigenvalue weighted by molar-refractivity contribution is 0.933. The van der Waals surface area contributed by atoms with Crippen molar-refractivity contribution in [2.24, 2.45) is 7.05 Å². The predicted octanol–water partition coefficient (Wildman–Crippen LogP) is 4.59. The number of benzene rings is 1. The zero-order valence-electron chi connectivity index (χ0n) is 11.3. The molecule has 0 saturated carbocycles. The van der Waals surface area contributed by atoms with Crippen LogP contribution in [0.1, 0.15) is 18.1 Å². The van der Waals surface area contributed by atoms with E-state index in [2.05, 4.69) is 67.7 Å². The third-order valence-corrected chi connectivity index (χ3v) is 3.16. The highest BCUT2D eigenvalue weighted by molar-refractivity contribution is 5.76. The zero-order chi connectivity index (χ0) is 13.1. The number of nitrogens with zero attached hydrogens (tertiary/aromatic N) is 1. The maximum Gasteiger partial charge on any atom is 0.0480 e. The predicted molar refractivity (Wildman–Crippen MR) is 79.4 cm³/mol. The Hall–Kier alpha value is -2.02. The first-order valence-electron chi connectivity index (χ1n) is 6.18. The summed E-state index contributed by atoms with van der Waals surface area (Å²) in [6, 6.07) is 10.8. The highest BCUT2D eigenvalue weighted by atomic mass is 14.9. The van der Waals surface area contributed by atoms with Crippen molar-refractivity contribution in [2.45, 2.75) is 13.8 Å². The van der Waals surface area contributed by atoms with E-state index in [-0.39, 0.29) is 0 Å². The number of aryl methyl sites for hydroxylation is 2. The number of aromatic nitrogens is 1. The Morgan fingerprint density at radius 2 is 2.06 bits per heavy atom. The maximum atomic E-state index is 3.86. The van der Waals surface area contributed by atoms with Gasteiger partial charge >= 0.3 is 0 Å². The molecule has 1 nitrogen and oxygen atoms in total. The fourth-order valence-corrected chi connectivity index (χ4v) is 2.28. The van der Waals surface area contributed by atoms with E-state index in [1.165, 1.54) is 28.0 Å². The molecule has 1 heterocycles. The molecule has 2 aromatic rings. The molecule has 1 aromatic carbocycles. The molecular weight excluding hydrogens is 218 g/mol. The van der Waals surface area contributed by atoms with Crippen LogP contribution in [0.2, 0.25) is 0 Å². The summed E-state index contributed by atoms with van der Waals surface area (Å²) in [6.45, 7) is 8.02. The van der Waals surface area contributed by atoms with Crippen LogP contribution in [-0.2, 0) is 7.05 Å². The summed E-state index contributed by atoms with van der Waals surface area (Å²) >= 11 is 0. The summed E-state index contributed by atoms with van der Waals surface area (Å²) in [4.78, 5) is 0. The molecule has 18 heavy (non-hydrogen) atoms. The molecule has 0 bridgehead atoms. The highest BCUT2D eigenvalue weighted by Gasteiger charge is 2.05. The lowest BCUT2D eigenvalue weighted by atomic mass is 10.0. The van der Waals surface area contributed by atoms with Gasteiger partial charge in [-0.2, -0.15) is 0 Å². The standard InChI is InChI=1S/C17H19N/c1-5-14(6-2)15-8-7-9-16(11-15)17-10-13(3)12-18(17)4/h5-12H,1H2,2-4H3/b14-6+. The minimum atomic E-state index is 1.17. The van der Waals surface area contributed by atoms with E-state index in [0.717, 1.165) is 0 Å². The second kappa shape index (κ2) is 5.09. The lowest BCUT2D eigenvalue weighted by Gasteiger charge is -2.07. The van der Waals surface area contributed by atoms with Crippen LogP contribution >= 0.6 is 0 Å². The minimum Gasteiger partial charge on any atom is -0.350 e. The van der Waals surface area contributed by atoms with Crippen molar-refractivity contribution in [1.82, 2.24) is 4.57 Å². The molecule has 0 saturated heterocycles. The fourth-order valence-electron chi connectivity index (χ4n) is 2.28. The van der Waals surface area contributed by atoms with Crippen molar-refractivity contribution in [2.75, 3.05) is 0 Å². The van der Waals surface area contributed by atoms with Crippen molar-refractivity contribution >= 4 is 5.57 Å². The SMILES string of the molecule is C=C/C(=C\C)c1cccc(-c2cc(C)cn2C)c1. The van der Waals surface area contributed by atoms with Gasteiger partial charge in [-0.25, -0.2) is 0 Å². The van der Waals surface area contributed by atoms with Gasteiger partial charge in [0, 0.05) is 18.9 Å². The monoisotopic (exact) mass is 237 g/mol. The van der Waals surface area contributed by atoms with Crippen LogP contribution in [-0.4, -0.2) is 4.57 Å². The third-order valence-electron chi connectivity index (χ3n) is 3.16. The fraction of sp³-hybridized carbons (Fsp3) is 0.176. The van der Waals surface area contributed by atoms with Crippen LogP contribution in [0.3, 0.4) is 0 Å². The average Bonchev–Trinajstić information content (AvgIpc) is 2.70. The number of allylic oxidation sites excluding steroid dienone is 3. The van der Waals surface area contributed by atoms with Gasteiger partial charge in [-0.05, 0) is 48.2 Å². The minimum absolute atomic E-state index is 1.17. The van der Waals surface area contributed by atoms with E-state index in [4.69, 9.17) is 0 Å². The van der Waals surface area contributed by atoms with Crippen LogP contribution < -0.4 is 0 Å². The van der Waals surface area contributed by atoms with Crippen LogP contribution in [0.5, 0.6) is 0 Å². The van der Waals surface area contributed by atoms with Crippen molar-refractivity contribution in [3.8, 4) is 11.3 Å². The Morgan fingerprint density at radius 3 is 2.61 bits per heavy atom. The molecule has 0 amide bonds. The Morgan fingerprint density at radius 1 is 1.28 bits per heavy atom. The number of hydrogen-bond acceptors (Lipinski definition) is 0. The molecule has 0 aliphatic rings. The Bertz CT molecular complexity index is 600. The quantitative estimate of drug-likeness (QED) is 0.688. The van der Waals surface area contributed by atoms with Crippen molar-refractivity contribution < 1.29 is 0 Å². The normalized spacial score (nSPS) is 11.6. The molecule has 0 atom stereocenters. The largest absolute Gasteiger partial charge is 0.350 e. The second-order valence-electron chi connectivity index (χ2n) is 4.54. The molecule has 0 spiro atoms. The molecule has 0 radical (unpaired) electrons. The van der Waals surface area contributed by atoms with E-state index in [0.29, 0.717) is 0 Å². The molecular formula is C17H19N. The molecule has 2 rings (SSSR count). The first-order chi connectivity index (χ1) is 8.65. The van der Waals surface area contributed by atoms with Gasteiger partial charge in [-0.1, -0.05) is 36.9 Å². The molecule has 1 heteroatoms. The second-order valence-corrected chi connectivity index (χ2v) is 4.54. The maximum absolute atomic E-state index is 3.86. The molecule has 0 unspecified atom stereocenters. The van der Waals surface area contributed by atoms with Crippen LogP contribution in [0.4, 0.5) is 0 Å². The third kappa shape index (κ3) is 2.30. The number of hydrogen-bond donors (Lipinski definition) is 0. The molecule has 0 aliphatic carbocycles. The molecule has 0 fully saturated rings. The topological polar surface area (TPSA) is 4.93 Å². The molecule has 0 aliphatic heterocycles. The van der Waals surface area contributed by atoms with E-state index in [1.54, 1.807) is 0 Å².